The highest BCUT2D eigenvalue weighted by molar-refractivity contribution is 6.06. The molecule has 0 atom stereocenters. The minimum atomic E-state index is -0.292. The van der Waals surface area contributed by atoms with E-state index in [2.05, 4.69) is 31.1 Å². The van der Waals surface area contributed by atoms with Crippen LogP contribution in [0.4, 0.5) is 11.4 Å². The number of carbonyl (C=O) groups is 1. The van der Waals surface area contributed by atoms with Crippen LogP contribution in [0.3, 0.4) is 0 Å². The molecule has 0 saturated carbocycles. The second-order valence-electron chi connectivity index (χ2n) is 5.69. The number of aromatic nitrogens is 1. The van der Waals surface area contributed by atoms with Gasteiger partial charge < -0.3 is 11.1 Å². The van der Waals surface area contributed by atoms with E-state index < -0.39 is 0 Å². The lowest BCUT2D eigenvalue weighted by molar-refractivity contribution is 0.102. The molecular weight excluding hydrogens is 250 g/mol. The standard InChI is InChI=1S/C16H19N3O/c1-16(2,3)11-7-4-5-9-13(11)19-15(20)14-12(17)8-6-10-18-14/h4-10H,17H2,1-3H3,(H,19,20). The molecule has 0 fully saturated rings. The van der Waals surface area contributed by atoms with E-state index in [0.29, 0.717) is 5.69 Å². The first-order valence-electron chi connectivity index (χ1n) is 6.51. The van der Waals surface area contributed by atoms with Gasteiger partial charge in [-0.3, -0.25) is 4.79 Å². The smallest absolute Gasteiger partial charge is 0.276 e. The molecule has 0 bridgehead atoms. The second kappa shape index (κ2) is 5.33. The lowest BCUT2D eigenvalue weighted by Crippen LogP contribution is -2.20. The summed E-state index contributed by atoms with van der Waals surface area (Å²) in [5.74, 6) is -0.292. The van der Waals surface area contributed by atoms with Crippen molar-refractivity contribution in [1.82, 2.24) is 4.98 Å². The van der Waals surface area contributed by atoms with Crippen molar-refractivity contribution in [3.8, 4) is 0 Å². The number of anilines is 2. The van der Waals surface area contributed by atoms with Gasteiger partial charge in [-0.25, -0.2) is 4.98 Å². The lowest BCUT2D eigenvalue weighted by Gasteiger charge is -2.23. The molecule has 2 rings (SSSR count). The molecule has 0 aliphatic heterocycles. The number of hydrogen-bond donors (Lipinski definition) is 2. The normalized spacial score (nSPS) is 11.2. The summed E-state index contributed by atoms with van der Waals surface area (Å²) in [6.07, 6.45) is 1.56. The fraction of sp³-hybridized carbons (Fsp3) is 0.250. The SMILES string of the molecule is CC(C)(C)c1ccccc1NC(=O)c1ncccc1N. The first-order chi connectivity index (χ1) is 9.39. The largest absolute Gasteiger partial charge is 0.397 e. The highest BCUT2D eigenvalue weighted by Gasteiger charge is 2.19. The monoisotopic (exact) mass is 269 g/mol. The Balaban J connectivity index is 2.32. The molecule has 2 aromatic rings. The maximum absolute atomic E-state index is 12.3. The fourth-order valence-corrected chi connectivity index (χ4v) is 2.04. The van der Waals surface area contributed by atoms with Crippen molar-refractivity contribution in [2.24, 2.45) is 0 Å². The van der Waals surface area contributed by atoms with Crippen LogP contribution in [0.2, 0.25) is 0 Å². The van der Waals surface area contributed by atoms with E-state index >= 15 is 0 Å². The summed E-state index contributed by atoms with van der Waals surface area (Å²) < 4.78 is 0. The van der Waals surface area contributed by atoms with E-state index in [1.165, 1.54) is 0 Å². The highest BCUT2D eigenvalue weighted by atomic mass is 16.1. The van der Waals surface area contributed by atoms with Crippen LogP contribution < -0.4 is 11.1 Å². The van der Waals surface area contributed by atoms with E-state index in [1.807, 2.05) is 24.3 Å². The van der Waals surface area contributed by atoms with Crippen LogP contribution in [0.1, 0.15) is 36.8 Å². The Bertz CT molecular complexity index is 630. The van der Waals surface area contributed by atoms with E-state index in [0.717, 1.165) is 11.3 Å². The topological polar surface area (TPSA) is 68.0 Å². The summed E-state index contributed by atoms with van der Waals surface area (Å²) in [4.78, 5) is 16.3. The van der Waals surface area contributed by atoms with Gasteiger partial charge in [0.05, 0.1) is 5.69 Å². The quantitative estimate of drug-likeness (QED) is 0.879. The Morgan fingerprint density at radius 3 is 2.50 bits per heavy atom. The zero-order valence-electron chi connectivity index (χ0n) is 12.0. The van der Waals surface area contributed by atoms with Crippen molar-refractivity contribution in [2.45, 2.75) is 26.2 Å². The minimum Gasteiger partial charge on any atom is -0.397 e. The minimum absolute atomic E-state index is 0.0560. The molecule has 0 aliphatic carbocycles. The fourth-order valence-electron chi connectivity index (χ4n) is 2.04. The van der Waals surface area contributed by atoms with Gasteiger partial charge >= 0.3 is 0 Å². The van der Waals surface area contributed by atoms with Crippen LogP contribution >= 0.6 is 0 Å². The van der Waals surface area contributed by atoms with Crippen LogP contribution in [-0.4, -0.2) is 10.9 Å². The molecule has 0 radical (unpaired) electrons. The molecule has 3 N–H and O–H groups in total. The van der Waals surface area contributed by atoms with Crippen LogP contribution in [0.25, 0.3) is 0 Å². The number of nitrogens with two attached hydrogens (primary N) is 1. The summed E-state index contributed by atoms with van der Waals surface area (Å²) in [7, 11) is 0. The van der Waals surface area contributed by atoms with Crippen LogP contribution in [0.5, 0.6) is 0 Å². The third-order valence-electron chi connectivity index (χ3n) is 3.04. The Morgan fingerprint density at radius 1 is 1.15 bits per heavy atom. The highest BCUT2D eigenvalue weighted by Crippen LogP contribution is 2.29. The number of nitrogens with one attached hydrogen (secondary N) is 1. The van der Waals surface area contributed by atoms with Gasteiger partial charge in [0.1, 0.15) is 0 Å². The van der Waals surface area contributed by atoms with Gasteiger partial charge in [0.15, 0.2) is 5.69 Å². The molecule has 20 heavy (non-hydrogen) atoms. The number of rotatable bonds is 2. The number of para-hydroxylation sites is 1. The predicted molar refractivity (Wildman–Crippen MR) is 81.7 cm³/mol. The zero-order valence-corrected chi connectivity index (χ0v) is 12.0. The van der Waals surface area contributed by atoms with Gasteiger partial charge in [-0.15, -0.1) is 0 Å². The van der Waals surface area contributed by atoms with Gasteiger partial charge in [0.25, 0.3) is 5.91 Å². The molecule has 0 spiro atoms. The molecule has 4 nitrogen and oxygen atoms in total. The maximum Gasteiger partial charge on any atom is 0.276 e. The van der Waals surface area contributed by atoms with Crippen LogP contribution in [-0.2, 0) is 5.41 Å². The van der Waals surface area contributed by atoms with Crippen molar-refractivity contribution in [3.63, 3.8) is 0 Å². The van der Waals surface area contributed by atoms with Crippen molar-refractivity contribution in [2.75, 3.05) is 11.1 Å². The van der Waals surface area contributed by atoms with E-state index in [4.69, 9.17) is 5.73 Å². The number of amides is 1. The Labute approximate surface area is 119 Å². The third kappa shape index (κ3) is 2.96. The van der Waals surface area contributed by atoms with Crippen molar-refractivity contribution < 1.29 is 4.79 Å². The number of nitrogens with zero attached hydrogens (tertiary/aromatic N) is 1. The molecule has 0 saturated heterocycles. The lowest BCUT2D eigenvalue weighted by atomic mass is 9.86. The molecule has 1 aromatic carbocycles. The molecule has 4 heteroatoms. The van der Waals surface area contributed by atoms with Gasteiger partial charge in [0.2, 0.25) is 0 Å². The predicted octanol–water partition coefficient (Wildman–Crippen LogP) is 3.21. The van der Waals surface area contributed by atoms with Crippen molar-refractivity contribution in [1.29, 1.82) is 0 Å². The summed E-state index contributed by atoms with van der Waals surface area (Å²) >= 11 is 0. The maximum atomic E-state index is 12.3. The summed E-state index contributed by atoms with van der Waals surface area (Å²) in [6.45, 7) is 6.31. The Hall–Kier alpha value is -2.36. The first kappa shape index (κ1) is 14.1. The van der Waals surface area contributed by atoms with Crippen molar-refractivity contribution in [3.05, 3.63) is 53.9 Å². The summed E-state index contributed by atoms with van der Waals surface area (Å²) in [5.41, 5.74) is 8.20. The summed E-state index contributed by atoms with van der Waals surface area (Å²) in [6, 6.07) is 11.1. The molecule has 1 aromatic heterocycles. The third-order valence-corrected chi connectivity index (χ3v) is 3.04. The second-order valence-corrected chi connectivity index (χ2v) is 5.69. The Kier molecular flexibility index (Phi) is 3.74. The summed E-state index contributed by atoms with van der Waals surface area (Å²) in [5, 5.41) is 2.89. The van der Waals surface area contributed by atoms with E-state index in [-0.39, 0.29) is 17.0 Å². The number of hydrogen-bond acceptors (Lipinski definition) is 3. The first-order valence-corrected chi connectivity index (χ1v) is 6.51. The van der Waals surface area contributed by atoms with Crippen LogP contribution in [0.15, 0.2) is 42.6 Å². The Morgan fingerprint density at radius 2 is 1.85 bits per heavy atom. The average Bonchev–Trinajstić information content (AvgIpc) is 2.38. The van der Waals surface area contributed by atoms with Gasteiger partial charge in [0, 0.05) is 11.9 Å². The molecule has 1 heterocycles. The molecule has 1 amide bonds. The zero-order chi connectivity index (χ0) is 14.8. The number of benzene rings is 1. The van der Waals surface area contributed by atoms with Crippen molar-refractivity contribution >= 4 is 17.3 Å². The van der Waals surface area contributed by atoms with Crippen LogP contribution in [0, 0.1) is 0 Å². The molecular formula is C16H19N3O. The van der Waals surface area contributed by atoms with Gasteiger partial charge in [-0.2, -0.15) is 0 Å². The molecule has 0 unspecified atom stereocenters. The average molecular weight is 269 g/mol. The molecule has 104 valence electrons. The molecule has 0 aliphatic rings. The van der Waals surface area contributed by atoms with Gasteiger partial charge in [-0.1, -0.05) is 39.0 Å². The van der Waals surface area contributed by atoms with Gasteiger partial charge in [-0.05, 0) is 29.2 Å². The number of nitrogen functional groups attached to an aromatic ring is 1. The number of carbonyl (C=O) groups excluding carboxylic acids is 1. The number of pyridine rings is 1. The van der Waals surface area contributed by atoms with E-state index in [1.54, 1.807) is 18.3 Å². The van der Waals surface area contributed by atoms with E-state index in [9.17, 15) is 4.79 Å².